The molecular formula is C25H33N7O3S. The van der Waals surface area contributed by atoms with Crippen LogP contribution in [0.4, 0.5) is 11.6 Å². The summed E-state index contributed by atoms with van der Waals surface area (Å²) < 4.78 is 13.9. The summed E-state index contributed by atoms with van der Waals surface area (Å²) in [6.07, 6.45) is 10.2. The normalized spacial score (nSPS) is 24.6. The van der Waals surface area contributed by atoms with Gasteiger partial charge in [-0.05, 0) is 50.0 Å². The van der Waals surface area contributed by atoms with Crippen molar-refractivity contribution in [3.05, 3.63) is 22.8 Å². The first-order valence-corrected chi connectivity index (χ1v) is 13.7. The van der Waals surface area contributed by atoms with Crippen LogP contribution in [0.2, 0.25) is 0 Å². The molecule has 3 aliphatic rings. The highest BCUT2D eigenvalue weighted by Gasteiger charge is 2.33. The number of carbonyl (C=O) groups is 1. The Morgan fingerprint density at radius 1 is 1.22 bits per heavy atom. The molecule has 3 N–H and O–H groups in total. The third kappa shape index (κ3) is 4.79. The molecule has 0 radical (unpaired) electrons. The lowest BCUT2D eigenvalue weighted by molar-refractivity contribution is -0.118. The fourth-order valence-electron chi connectivity index (χ4n) is 5.93. The molecule has 0 aromatic carbocycles. The van der Waals surface area contributed by atoms with E-state index in [0.717, 1.165) is 80.7 Å². The van der Waals surface area contributed by atoms with Gasteiger partial charge in [-0.25, -0.2) is 4.98 Å². The van der Waals surface area contributed by atoms with Crippen LogP contribution in [0.15, 0.2) is 12.4 Å². The number of nitrogens with zero attached hydrogens (tertiary/aromatic N) is 5. The molecule has 1 saturated carbocycles. The van der Waals surface area contributed by atoms with Crippen LogP contribution in [0.3, 0.4) is 0 Å². The number of anilines is 2. The molecular weight excluding hydrogens is 478 g/mol. The zero-order valence-corrected chi connectivity index (χ0v) is 21.4. The van der Waals surface area contributed by atoms with E-state index in [0.29, 0.717) is 24.3 Å². The van der Waals surface area contributed by atoms with Gasteiger partial charge in [0, 0.05) is 43.7 Å². The lowest BCUT2D eigenvalue weighted by atomic mass is 9.91. The second-order valence-corrected chi connectivity index (χ2v) is 11.2. The Balaban J connectivity index is 1.28. The minimum Gasteiger partial charge on any atom is -0.474 e. The first-order valence-electron chi connectivity index (χ1n) is 12.9. The number of rotatable bonds is 7. The van der Waals surface area contributed by atoms with Crippen molar-refractivity contribution in [3.63, 3.8) is 0 Å². The SMILES string of the molecule is Cn1cc(Nc2nc(O[C@H]3CC[C@H](N4CCOCC4)CC3)c3c4c(sc3n2)CC[C@@H]4CC(N)=O)cn1. The van der Waals surface area contributed by atoms with E-state index in [1.807, 2.05) is 13.2 Å². The van der Waals surface area contributed by atoms with E-state index in [1.165, 1.54) is 10.4 Å². The molecule has 1 amide bonds. The molecule has 0 unspecified atom stereocenters. The summed E-state index contributed by atoms with van der Waals surface area (Å²) in [5.74, 6) is 0.951. The van der Waals surface area contributed by atoms with Crippen molar-refractivity contribution in [1.29, 1.82) is 0 Å². The molecule has 1 atom stereocenters. The summed E-state index contributed by atoms with van der Waals surface area (Å²) in [6.45, 7) is 3.71. The maximum Gasteiger partial charge on any atom is 0.232 e. The van der Waals surface area contributed by atoms with E-state index in [-0.39, 0.29) is 17.9 Å². The van der Waals surface area contributed by atoms with Crippen LogP contribution in [-0.4, -0.2) is 69.0 Å². The number of aromatic nitrogens is 4. The minimum absolute atomic E-state index is 0.103. The lowest BCUT2D eigenvalue weighted by Crippen LogP contribution is -2.46. The summed E-state index contributed by atoms with van der Waals surface area (Å²) in [6, 6.07) is 0.604. The van der Waals surface area contributed by atoms with Crippen molar-refractivity contribution in [1.82, 2.24) is 24.6 Å². The fraction of sp³-hybridized carbons (Fsp3) is 0.600. The quantitative estimate of drug-likeness (QED) is 0.497. The van der Waals surface area contributed by atoms with Crippen LogP contribution in [0.5, 0.6) is 5.88 Å². The highest BCUT2D eigenvalue weighted by Crippen LogP contribution is 2.48. The standard InChI is InChI=1S/C25H33N7O3S/c1-31-14-16(13-27-31)28-25-29-23(35-18-5-3-17(4-6-18)32-8-10-34-11-9-32)22-21-15(12-20(26)33)2-7-19(21)36-24(22)30-25/h13-15,17-18H,2-12H2,1H3,(H2,26,33)(H,28,29,30)/t15-,17-,18-/m1/s1. The zero-order valence-electron chi connectivity index (χ0n) is 20.6. The Hall–Kier alpha value is -2.76. The highest BCUT2D eigenvalue weighted by molar-refractivity contribution is 7.19. The van der Waals surface area contributed by atoms with Gasteiger partial charge >= 0.3 is 0 Å². The topological polar surface area (TPSA) is 120 Å². The first-order chi connectivity index (χ1) is 17.5. The van der Waals surface area contributed by atoms with Crippen molar-refractivity contribution in [2.24, 2.45) is 12.8 Å². The minimum atomic E-state index is -0.271. The molecule has 4 heterocycles. The average Bonchev–Trinajstić information content (AvgIpc) is 3.56. The second-order valence-electron chi connectivity index (χ2n) is 10.1. The maximum absolute atomic E-state index is 11.8. The van der Waals surface area contributed by atoms with Gasteiger partial charge in [-0.3, -0.25) is 14.4 Å². The summed E-state index contributed by atoms with van der Waals surface area (Å²) in [7, 11) is 1.87. The van der Waals surface area contributed by atoms with Gasteiger partial charge < -0.3 is 20.5 Å². The molecule has 0 spiro atoms. The van der Waals surface area contributed by atoms with Crippen LogP contribution in [0, 0.1) is 0 Å². The molecule has 0 bridgehead atoms. The molecule has 10 nitrogen and oxygen atoms in total. The molecule has 2 aliphatic carbocycles. The monoisotopic (exact) mass is 511 g/mol. The molecule has 192 valence electrons. The van der Waals surface area contributed by atoms with Crippen LogP contribution in [0.25, 0.3) is 10.2 Å². The van der Waals surface area contributed by atoms with Crippen molar-refractivity contribution in [3.8, 4) is 5.88 Å². The van der Waals surface area contributed by atoms with Gasteiger partial charge in [-0.15, -0.1) is 11.3 Å². The summed E-state index contributed by atoms with van der Waals surface area (Å²) in [5, 5.41) is 8.47. The number of ether oxygens (including phenoxy) is 2. The number of thiophene rings is 1. The molecule has 3 aromatic rings. The zero-order chi connectivity index (χ0) is 24.6. The van der Waals surface area contributed by atoms with Gasteiger partial charge in [0.25, 0.3) is 0 Å². The number of nitrogens with one attached hydrogen (secondary N) is 1. The third-order valence-corrected chi connectivity index (χ3v) is 8.81. The van der Waals surface area contributed by atoms with Crippen molar-refractivity contribution in [2.75, 3.05) is 31.6 Å². The molecule has 3 aromatic heterocycles. The van der Waals surface area contributed by atoms with Crippen molar-refractivity contribution >= 4 is 39.1 Å². The number of fused-ring (bicyclic) bond motifs is 3. The molecule has 6 rings (SSSR count). The first kappa shape index (κ1) is 23.6. The Kier molecular flexibility index (Phi) is 6.53. The molecule has 11 heteroatoms. The van der Waals surface area contributed by atoms with E-state index in [2.05, 4.69) is 15.3 Å². The van der Waals surface area contributed by atoms with Gasteiger partial charge in [-0.2, -0.15) is 10.1 Å². The van der Waals surface area contributed by atoms with Gasteiger partial charge in [0.1, 0.15) is 10.9 Å². The van der Waals surface area contributed by atoms with E-state index >= 15 is 0 Å². The van der Waals surface area contributed by atoms with Gasteiger partial charge in [0.05, 0.1) is 30.5 Å². The predicted octanol–water partition coefficient (Wildman–Crippen LogP) is 3.10. The number of nitrogens with two attached hydrogens (primary N) is 1. The number of hydrogen-bond donors (Lipinski definition) is 2. The number of carbonyl (C=O) groups excluding carboxylic acids is 1. The molecule has 36 heavy (non-hydrogen) atoms. The molecule has 2 fully saturated rings. The number of hydrogen-bond acceptors (Lipinski definition) is 9. The summed E-state index contributed by atoms with van der Waals surface area (Å²) in [5.41, 5.74) is 7.58. The van der Waals surface area contributed by atoms with Crippen LogP contribution in [-0.2, 0) is 23.0 Å². The van der Waals surface area contributed by atoms with Crippen molar-refractivity contribution in [2.45, 2.75) is 63.0 Å². The third-order valence-electron chi connectivity index (χ3n) is 7.65. The number of morpholine rings is 1. The van der Waals surface area contributed by atoms with Crippen LogP contribution < -0.4 is 15.8 Å². The van der Waals surface area contributed by atoms with Crippen LogP contribution >= 0.6 is 11.3 Å². The Bertz CT molecular complexity index is 1240. The Labute approximate surface area is 214 Å². The molecule has 1 aliphatic heterocycles. The van der Waals surface area contributed by atoms with E-state index in [4.69, 9.17) is 25.2 Å². The van der Waals surface area contributed by atoms with E-state index in [9.17, 15) is 4.79 Å². The van der Waals surface area contributed by atoms with Crippen LogP contribution in [0.1, 0.15) is 54.9 Å². The number of amides is 1. The van der Waals surface area contributed by atoms with Gasteiger partial charge in [-0.1, -0.05) is 0 Å². The number of aryl methyl sites for hydroxylation is 2. The maximum atomic E-state index is 11.8. The predicted molar refractivity (Wildman–Crippen MR) is 138 cm³/mol. The lowest BCUT2D eigenvalue weighted by Gasteiger charge is -2.38. The highest BCUT2D eigenvalue weighted by atomic mass is 32.1. The van der Waals surface area contributed by atoms with Gasteiger partial charge in [0.15, 0.2) is 0 Å². The Morgan fingerprint density at radius 2 is 2.03 bits per heavy atom. The average molecular weight is 512 g/mol. The van der Waals surface area contributed by atoms with E-state index in [1.54, 1.807) is 22.2 Å². The fourth-order valence-corrected chi connectivity index (χ4v) is 7.20. The number of primary amides is 1. The van der Waals surface area contributed by atoms with E-state index < -0.39 is 0 Å². The second kappa shape index (κ2) is 9.95. The summed E-state index contributed by atoms with van der Waals surface area (Å²) in [4.78, 5) is 26.2. The Morgan fingerprint density at radius 3 is 2.75 bits per heavy atom. The van der Waals surface area contributed by atoms with Crippen molar-refractivity contribution < 1.29 is 14.3 Å². The largest absolute Gasteiger partial charge is 0.474 e. The van der Waals surface area contributed by atoms with Gasteiger partial charge in [0.2, 0.25) is 17.7 Å². The summed E-state index contributed by atoms with van der Waals surface area (Å²) >= 11 is 1.68. The smallest absolute Gasteiger partial charge is 0.232 e. The molecule has 1 saturated heterocycles.